The largest absolute Gasteiger partial charge is 0.444 e. The average molecular weight is 520 g/mol. The number of β-amino-alcohol motifs (C(OH)–C–C–N with tert-alkyl or cyclic N) is 1. The maximum absolute atomic E-state index is 14.3. The number of nitrogens with one attached hydrogen (secondary N) is 2. The normalized spacial score (nSPS) is 19.1. The molecule has 1 aliphatic heterocycles. The van der Waals surface area contributed by atoms with Gasteiger partial charge in [-0.1, -0.05) is 0 Å². The predicted molar refractivity (Wildman–Crippen MR) is 122 cm³/mol. The number of amides is 3. The Hall–Kier alpha value is -2.89. The Balaban J connectivity index is 2.19. The molecule has 12 heteroatoms. The zero-order valence-electron chi connectivity index (χ0n) is 21.0. The van der Waals surface area contributed by atoms with Crippen LogP contribution in [0.25, 0.3) is 0 Å². The third-order valence-electron chi connectivity index (χ3n) is 5.45. The number of ether oxygens (including phenoxy) is 1. The number of alkyl halides is 1. The van der Waals surface area contributed by atoms with Crippen LogP contribution in [0.3, 0.4) is 0 Å². The van der Waals surface area contributed by atoms with Crippen molar-refractivity contribution in [2.24, 2.45) is 0 Å². The van der Waals surface area contributed by atoms with E-state index in [0.717, 1.165) is 13.8 Å². The first-order valence-corrected chi connectivity index (χ1v) is 11.5. The Morgan fingerprint density at radius 3 is 2.31 bits per heavy atom. The van der Waals surface area contributed by atoms with Crippen molar-refractivity contribution in [1.82, 2.24) is 15.5 Å². The quantitative estimate of drug-likeness (QED) is 0.362. The zero-order valence-corrected chi connectivity index (χ0v) is 21.0. The fraction of sp³-hybridized carbons (Fsp3) is 0.625. The van der Waals surface area contributed by atoms with Crippen molar-refractivity contribution in [3.63, 3.8) is 0 Å². The molecule has 3 amide bonds. The molecule has 0 radical (unpaired) electrons. The molecule has 0 bridgehead atoms. The molecular weight excluding hydrogens is 486 g/mol. The highest BCUT2D eigenvalue weighted by Crippen LogP contribution is 2.22. The molecule has 1 aromatic rings. The van der Waals surface area contributed by atoms with E-state index in [1.165, 1.54) is 4.90 Å². The number of rotatable bonds is 8. The van der Waals surface area contributed by atoms with Crippen LogP contribution in [0.4, 0.5) is 22.4 Å². The van der Waals surface area contributed by atoms with Crippen LogP contribution in [0.2, 0.25) is 0 Å². The molecule has 202 valence electrons. The Morgan fingerprint density at radius 1 is 1.11 bits per heavy atom. The number of carbonyl (C=O) groups is 3. The number of aliphatic hydroxyl groups is 1. The van der Waals surface area contributed by atoms with Gasteiger partial charge in [0, 0.05) is 31.6 Å². The van der Waals surface area contributed by atoms with Gasteiger partial charge in [-0.3, -0.25) is 9.59 Å². The number of aliphatic hydroxyl groups excluding tert-OH is 1. The van der Waals surface area contributed by atoms with E-state index in [0.29, 0.717) is 12.1 Å². The summed E-state index contributed by atoms with van der Waals surface area (Å²) in [6.45, 7) is 6.83. The van der Waals surface area contributed by atoms with Crippen LogP contribution in [0.1, 0.15) is 53.0 Å². The van der Waals surface area contributed by atoms with E-state index >= 15 is 0 Å². The third kappa shape index (κ3) is 8.65. The molecule has 3 atom stereocenters. The van der Waals surface area contributed by atoms with Gasteiger partial charge >= 0.3 is 6.09 Å². The molecule has 8 nitrogen and oxygen atoms in total. The van der Waals surface area contributed by atoms with Crippen LogP contribution in [-0.4, -0.2) is 70.5 Å². The minimum absolute atomic E-state index is 0.0723. The van der Waals surface area contributed by atoms with Gasteiger partial charge in [0.1, 0.15) is 11.4 Å². The number of nitrogens with zero attached hydrogens (tertiary/aromatic N) is 1. The maximum atomic E-state index is 14.3. The van der Waals surface area contributed by atoms with Gasteiger partial charge in [-0.05, 0) is 59.1 Å². The van der Waals surface area contributed by atoms with Gasteiger partial charge in [0.2, 0.25) is 5.91 Å². The maximum Gasteiger partial charge on any atom is 0.407 e. The van der Waals surface area contributed by atoms with Gasteiger partial charge in [0.25, 0.3) is 5.91 Å². The van der Waals surface area contributed by atoms with Gasteiger partial charge in [-0.2, -0.15) is 0 Å². The molecule has 1 aliphatic rings. The van der Waals surface area contributed by atoms with Crippen molar-refractivity contribution >= 4 is 17.9 Å². The lowest BCUT2D eigenvalue weighted by Gasteiger charge is -2.28. The van der Waals surface area contributed by atoms with Crippen LogP contribution >= 0.6 is 0 Å². The smallest absolute Gasteiger partial charge is 0.407 e. The molecule has 2 rings (SSSR count). The first kappa shape index (κ1) is 29.3. The van der Waals surface area contributed by atoms with E-state index in [1.807, 2.05) is 0 Å². The summed E-state index contributed by atoms with van der Waals surface area (Å²) in [7, 11) is 0. The highest BCUT2D eigenvalue weighted by atomic mass is 19.2. The topological polar surface area (TPSA) is 108 Å². The molecular formula is C24H33F4N3O5. The van der Waals surface area contributed by atoms with E-state index in [9.17, 15) is 37.1 Å². The lowest BCUT2D eigenvalue weighted by atomic mass is 10.0. The van der Waals surface area contributed by atoms with Gasteiger partial charge in [0.05, 0.1) is 12.1 Å². The van der Waals surface area contributed by atoms with Crippen molar-refractivity contribution in [2.75, 3.05) is 13.1 Å². The van der Waals surface area contributed by atoms with Crippen molar-refractivity contribution < 1.29 is 41.8 Å². The second kappa shape index (κ2) is 11.4. The van der Waals surface area contributed by atoms with Crippen LogP contribution in [-0.2, 0) is 20.7 Å². The number of benzene rings is 1. The number of hydrogen-bond donors (Lipinski definition) is 3. The molecule has 0 aromatic heterocycles. The summed E-state index contributed by atoms with van der Waals surface area (Å²) in [6, 6.07) is -0.709. The summed E-state index contributed by atoms with van der Waals surface area (Å²) < 4.78 is 60.3. The molecule has 1 saturated heterocycles. The minimum Gasteiger partial charge on any atom is -0.444 e. The number of carbonyl (C=O) groups excluding carboxylic acids is 3. The number of hydrogen-bond acceptors (Lipinski definition) is 5. The second-order valence-electron chi connectivity index (χ2n) is 10.4. The fourth-order valence-corrected chi connectivity index (χ4v) is 3.77. The minimum atomic E-state index is -2.14. The lowest BCUT2D eigenvalue weighted by Crippen LogP contribution is -2.49. The van der Waals surface area contributed by atoms with Crippen molar-refractivity contribution in [1.29, 1.82) is 0 Å². The molecule has 1 heterocycles. The van der Waals surface area contributed by atoms with E-state index in [-0.39, 0.29) is 31.5 Å². The first-order valence-electron chi connectivity index (χ1n) is 11.5. The molecule has 36 heavy (non-hydrogen) atoms. The van der Waals surface area contributed by atoms with E-state index in [1.54, 1.807) is 20.8 Å². The highest BCUT2D eigenvalue weighted by Gasteiger charge is 2.37. The molecule has 3 N–H and O–H groups in total. The van der Waals surface area contributed by atoms with Gasteiger partial charge in [-0.15, -0.1) is 0 Å². The van der Waals surface area contributed by atoms with Gasteiger partial charge < -0.3 is 25.4 Å². The van der Waals surface area contributed by atoms with Crippen molar-refractivity contribution in [3.05, 3.63) is 35.1 Å². The van der Waals surface area contributed by atoms with Crippen LogP contribution < -0.4 is 10.6 Å². The van der Waals surface area contributed by atoms with Crippen molar-refractivity contribution in [2.45, 2.75) is 83.3 Å². The summed E-state index contributed by atoms with van der Waals surface area (Å²) in [5.74, 6) is -5.16. The monoisotopic (exact) mass is 519 g/mol. The van der Waals surface area contributed by atoms with Crippen LogP contribution in [0.15, 0.2) is 12.1 Å². The number of halogens is 4. The summed E-state index contributed by atoms with van der Waals surface area (Å²) in [5.41, 5.74) is -3.28. The Morgan fingerprint density at radius 2 is 1.72 bits per heavy atom. The van der Waals surface area contributed by atoms with Crippen LogP contribution in [0, 0.1) is 17.5 Å². The van der Waals surface area contributed by atoms with E-state index in [2.05, 4.69) is 10.6 Å². The first-order chi connectivity index (χ1) is 16.5. The number of likely N-dealkylation sites (tertiary alicyclic amines) is 1. The van der Waals surface area contributed by atoms with Gasteiger partial charge in [-0.25, -0.2) is 22.4 Å². The van der Waals surface area contributed by atoms with E-state index < -0.39 is 71.2 Å². The van der Waals surface area contributed by atoms with Crippen LogP contribution in [0.5, 0.6) is 0 Å². The summed E-state index contributed by atoms with van der Waals surface area (Å²) in [5, 5.41) is 14.9. The van der Waals surface area contributed by atoms with Crippen molar-refractivity contribution in [3.8, 4) is 0 Å². The Kier molecular flexibility index (Phi) is 9.33. The average Bonchev–Trinajstić information content (AvgIpc) is 3.08. The highest BCUT2D eigenvalue weighted by molar-refractivity contribution is 5.84. The zero-order chi connectivity index (χ0) is 27.4. The van der Waals surface area contributed by atoms with Gasteiger partial charge in [0.15, 0.2) is 17.3 Å². The Labute approximate surface area is 207 Å². The van der Waals surface area contributed by atoms with E-state index in [4.69, 9.17) is 4.74 Å². The molecule has 0 unspecified atom stereocenters. The standard InChI is InChI=1S/C24H33F4N3O5/c1-23(2,3)36-22(35)30-14(6-13-7-18(26)19(27)10-17(13)25)8-20(33)31-12-16(32)9-15(31)11-29-21(34)24(4,5)28/h7,10,14-16,32H,6,8-9,11-12H2,1-5H3,(H,29,34)(H,30,35)/t14-,15+,16+/m1/s1. The molecule has 1 fully saturated rings. The second-order valence-corrected chi connectivity index (χ2v) is 10.4. The SMILES string of the molecule is CC(C)(C)OC(=O)N[C@@H](CC(=O)N1C[C@@H](O)C[C@H]1CNC(=O)C(C)(C)F)Cc1cc(F)c(F)cc1F. The molecule has 0 spiro atoms. The molecule has 0 aliphatic carbocycles. The number of alkyl carbamates (subject to hydrolysis) is 1. The molecule has 1 aromatic carbocycles. The summed E-state index contributed by atoms with van der Waals surface area (Å²) in [6.07, 6.45) is -2.43. The third-order valence-corrected chi connectivity index (χ3v) is 5.45. The molecule has 0 saturated carbocycles. The summed E-state index contributed by atoms with van der Waals surface area (Å²) in [4.78, 5) is 38.6. The predicted octanol–water partition coefficient (Wildman–Crippen LogP) is 2.76. The fourth-order valence-electron chi connectivity index (χ4n) is 3.77. The lowest BCUT2D eigenvalue weighted by molar-refractivity contribution is -0.134. The Bertz CT molecular complexity index is 978. The summed E-state index contributed by atoms with van der Waals surface area (Å²) >= 11 is 0.